The zero-order valence-electron chi connectivity index (χ0n) is 10.2. The minimum Gasteiger partial charge on any atom is -0.338 e. The average Bonchev–Trinajstić information content (AvgIpc) is 3.02. The second-order valence-electron chi connectivity index (χ2n) is 4.86. The van der Waals surface area contributed by atoms with E-state index in [2.05, 4.69) is 23.2 Å². The van der Waals surface area contributed by atoms with Gasteiger partial charge in [0.1, 0.15) is 0 Å². The Morgan fingerprint density at radius 2 is 2.11 bits per heavy atom. The Kier molecular flexibility index (Phi) is 2.97. The van der Waals surface area contributed by atoms with Crippen LogP contribution in [0.25, 0.3) is 0 Å². The van der Waals surface area contributed by atoms with Gasteiger partial charge >= 0.3 is 0 Å². The van der Waals surface area contributed by atoms with Gasteiger partial charge in [-0.1, -0.05) is 36.4 Å². The number of likely N-dealkylation sites (tertiary alicyclic amines) is 1. The Morgan fingerprint density at radius 1 is 1.28 bits per heavy atom. The number of amides is 1. The van der Waals surface area contributed by atoms with E-state index in [0.29, 0.717) is 18.9 Å². The van der Waals surface area contributed by atoms with E-state index in [1.165, 1.54) is 5.56 Å². The highest BCUT2D eigenvalue weighted by atomic mass is 16.2. The zero-order chi connectivity index (χ0) is 12.4. The van der Waals surface area contributed by atoms with Crippen molar-refractivity contribution in [3.05, 3.63) is 47.5 Å². The fourth-order valence-corrected chi connectivity index (χ4v) is 2.59. The highest BCUT2D eigenvalue weighted by molar-refractivity contribution is 5.85. The number of carbonyl (C=O) groups is 1. The molecule has 18 heavy (non-hydrogen) atoms. The summed E-state index contributed by atoms with van der Waals surface area (Å²) in [6.07, 6.45) is 4.60. The van der Waals surface area contributed by atoms with Gasteiger partial charge in [-0.15, -0.1) is 0 Å². The fourth-order valence-electron chi connectivity index (χ4n) is 2.59. The summed E-state index contributed by atoms with van der Waals surface area (Å²) in [5, 5.41) is 0. The molecule has 1 aromatic carbocycles. The van der Waals surface area contributed by atoms with Crippen molar-refractivity contribution >= 4 is 12.1 Å². The van der Waals surface area contributed by atoms with E-state index in [1.54, 1.807) is 0 Å². The normalized spacial score (nSPS) is 22.7. The van der Waals surface area contributed by atoms with E-state index in [4.69, 9.17) is 0 Å². The molecule has 0 N–H and O–H groups in total. The van der Waals surface area contributed by atoms with Gasteiger partial charge in [-0.25, -0.2) is 0 Å². The molecule has 1 amide bonds. The predicted octanol–water partition coefficient (Wildman–Crippen LogP) is 2.01. The molecule has 2 aliphatic rings. The molecule has 1 fully saturated rings. The lowest BCUT2D eigenvalue weighted by Gasteiger charge is -2.16. The maximum Gasteiger partial charge on any atom is 0.223 e. The van der Waals surface area contributed by atoms with Gasteiger partial charge in [0, 0.05) is 31.6 Å². The van der Waals surface area contributed by atoms with E-state index < -0.39 is 0 Å². The lowest BCUT2D eigenvalue weighted by Crippen LogP contribution is -2.27. The molecule has 3 heteroatoms. The SMILES string of the molecule is O=C1CC(c2ccccc2)CN1CC1=CCN=C1. The van der Waals surface area contributed by atoms with Crippen LogP contribution in [0.15, 0.2) is 47.0 Å². The number of hydrogen-bond acceptors (Lipinski definition) is 2. The Labute approximate surface area is 107 Å². The lowest BCUT2D eigenvalue weighted by atomic mass is 9.99. The van der Waals surface area contributed by atoms with Gasteiger partial charge in [0.15, 0.2) is 0 Å². The molecular weight excluding hydrogens is 224 g/mol. The molecule has 0 aliphatic carbocycles. The number of hydrogen-bond donors (Lipinski definition) is 0. The van der Waals surface area contributed by atoms with Gasteiger partial charge in [-0.2, -0.15) is 0 Å². The number of benzene rings is 1. The van der Waals surface area contributed by atoms with Crippen molar-refractivity contribution in [1.29, 1.82) is 0 Å². The van der Waals surface area contributed by atoms with Crippen LogP contribution in [-0.2, 0) is 4.79 Å². The summed E-state index contributed by atoms with van der Waals surface area (Å²) >= 11 is 0. The fraction of sp³-hybridized carbons (Fsp3) is 0.333. The summed E-state index contributed by atoms with van der Waals surface area (Å²) in [5.41, 5.74) is 2.43. The van der Waals surface area contributed by atoms with Gasteiger partial charge in [0.2, 0.25) is 5.91 Å². The smallest absolute Gasteiger partial charge is 0.223 e. The van der Waals surface area contributed by atoms with Crippen molar-refractivity contribution in [2.75, 3.05) is 19.6 Å². The van der Waals surface area contributed by atoms with Gasteiger partial charge < -0.3 is 4.90 Å². The summed E-state index contributed by atoms with van der Waals surface area (Å²) in [5.74, 6) is 0.600. The molecule has 92 valence electrons. The minimum absolute atomic E-state index is 0.255. The van der Waals surface area contributed by atoms with Crippen molar-refractivity contribution in [3.63, 3.8) is 0 Å². The molecule has 1 saturated heterocycles. The van der Waals surface area contributed by atoms with E-state index in [1.807, 2.05) is 29.3 Å². The number of rotatable bonds is 3. The average molecular weight is 240 g/mol. The molecule has 3 nitrogen and oxygen atoms in total. The van der Waals surface area contributed by atoms with Gasteiger partial charge in [-0.05, 0) is 11.1 Å². The third kappa shape index (κ3) is 2.21. The molecule has 1 aromatic rings. The minimum atomic E-state index is 0.255. The van der Waals surface area contributed by atoms with E-state index in [9.17, 15) is 4.79 Å². The zero-order valence-corrected chi connectivity index (χ0v) is 10.2. The molecule has 1 atom stereocenters. The third-order valence-electron chi connectivity index (χ3n) is 3.57. The largest absolute Gasteiger partial charge is 0.338 e. The maximum absolute atomic E-state index is 12.0. The summed E-state index contributed by atoms with van der Waals surface area (Å²) in [7, 11) is 0. The van der Waals surface area contributed by atoms with Crippen molar-refractivity contribution in [2.24, 2.45) is 4.99 Å². The molecule has 2 aliphatic heterocycles. The highest BCUT2D eigenvalue weighted by Gasteiger charge is 2.30. The quantitative estimate of drug-likeness (QED) is 0.795. The summed E-state index contributed by atoms with van der Waals surface area (Å²) < 4.78 is 0. The molecule has 0 aromatic heterocycles. The van der Waals surface area contributed by atoms with Crippen molar-refractivity contribution < 1.29 is 4.79 Å². The van der Waals surface area contributed by atoms with Crippen LogP contribution >= 0.6 is 0 Å². The maximum atomic E-state index is 12.0. The van der Waals surface area contributed by atoms with Crippen LogP contribution in [0, 0.1) is 0 Å². The molecule has 0 bridgehead atoms. The first-order valence-corrected chi connectivity index (χ1v) is 6.34. The third-order valence-corrected chi connectivity index (χ3v) is 3.57. The standard InChI is InChI=1S/C15H16N2O/c18-15-8-14(13-4-2-1-3-5-13)11-17(15)10-12-6-7-16-9-12/h1-6,9,14H,7-8,10-11H2. The molecule has 1 unspecified atom stereocenters. The highest BCUT2D eigenvalue weighted by Crippen LogP contribution is 2.28. The Bertz CT molecular complexity index is 504. The topological polar surface area (TPSA) is 32.7 Å². The van der Waals surface area contributed by atoms with E-state index in [-0.39, 0.29) is 5.91 Å². The second kappa shape index (κ2) is 4.77. The Balaban J connectivity index is 1.69. The van der Waals surface area contributed by atoms with Gasteiger partial charge in [0.25, 0.3) is 0 Å². The Morgan fingerprint density at radius 3 is 2.83 bits per heavy atom. The van der Waals surface area contributed by atoms with E-state index in [0.717, 1.165) is 18.7 Å². The summed E-state index contributed by atoms with van der Waals surface area (Å²) in [6, 6.07) is 10.3. The van der Waals surface area contributed by atoms with E-state index >= 15 is 0 Å². The predicted molar refractivity (Wildman–Crippen MR) is 71.8 cm³/mol. The van der Waals surface area contributed by atoms with Crippen molar-refractivity contribution in [2.45, 2.75) is 12.3 Å². The van der Waals surface area contributed by atoms with Crippen LogP contribution in [0.3, 0.4) is 0 Å². The monoisotopic (exact) mass is 240 g/mol. The number of aliphatic imine (C=N–C) groups is 1. The molecule has 2 heterocycles. The molecule has 0 spiro atoms. The summed E-state index contributed by atoms with van der Waals surface area (Å²) in [4.78, 5) is 18.1. The van der Waals surface area contributed by atoms with Gasteiger partial charge in [-0.3, -0.25) is 9.79 Å². The van der Waals surface area contributed by atoms with Crippen LogP contribution in [0.5, 0.6) is 0 Å². The number of carbonyl (C=O) groups excluding carboxylic acids is 1. The first-order valence-electron chi connectivity index (χ1n) is 6.34. The van der Waals surface area contributed by atoms with Crippen LogP contribution < -0.4 is 0 Å². The molecule has 0 saturated carbocycles. The number of nitrogens with zero attached hydrogens (tertiary/aromatic N) is 2. The first kappa shape index (κ1) is 11.2. The van der Waals surface area contributed by atoms with Crippen molar-refractivity contribution in [1.82, 2.24) is 4.90 Å². The Hall–Kier alpha value is -1.90. The second-order valence-corrected chi connectivity index (χ2v) is 4.86. The van der Waals surface area contributed by atoms with Crippen molar-refractivity contribution in [3.8, 4) is 0 Å². The lowest BCUT2D eigenvalue weighted by molar-refractivity contribution is -0.127. The molecule has 0 radical (unpaired) electrons. The molecular formula is C15H16N2O. The van der Waals surface area contributed by atoms with Crippen LogP contribution in [0.1, 0.15) is 17.9 Å². The first-order chi connectivity index (χ1) is 8.83. The van der Waals surface area contributed by atoms with Crippen LogP contribution in [-0.4, -0.2) is 36.7 Å². The van der Waals surface area contributed by atoms with Crippen LogP contribution in [0.2, 0.25) is 0 Å². The van der Waals surface area contributed by atoms with Crippen LogP contribution in [0.4, 0.5) is 0 Å². The van der Waals surface area contributed by atoms with Gasteiger partial charge in [0.05, 0.1) is 6.54 Å². The molecule has 3 rings (SSSR count). The summed E-state index contributed by atoms with van der Waals surface area (Å²) in [6.45, 7) is 2.30.